The fourth-order valence-corrected chi connectivity index (χ4v) is 3.33. The first-order valence-electron chi connectivity index (χ1n) is 9.75. The zero-order valence-electron chi connectivity index (χ0n) is 17.7. The van der Waals surface area contributed by atoms with Crippen LogP contribution < -0.4 is 4.74 Å². The first-order valence-corrected chi connectivity index (χ1v) is 9.75. The third kappa shape index (κ3) is 4.56. The van der Waals surface area contributed by atoms with Gasteiger partial charge in [0, 0.05) is 18.8 Å². The second kappa shape index (κ2) is 9.35. The lowest BCUT2D eigenvalue weighted by molar-refractivity contribution is 0.0519. The van der Waals surface area contributed by atoms with Crippen LogP contribution in [0.2, 0.25) is 0 Å². The Kier molecular flexibility index (Phi) is 6.61. The second-order valence-corrected chi connectivity index (χ2v) is 6.94. The van der Waals surface area contributed by atoms with Crippen LogP contribution >= 0.6 is 0 Å². The lowest BCUT2D eigenvalue weighted by Gasteiger charge is -2.22. The number of nitrogens with one attached hydrogen (secondary N) is 1. The SMILES string of the molecule is CCOC(=O)c1[nH]c(C)c(CN(Cc2ccc(OC)cc2)C(=O)c2ccco2)c1C. The van der Waals surface area contributed by atoms with E-state index in [0.717, 1.165) is 28.1 Å². The molecule has 0 spiro atoms. The van der Waals surface area contributed by atoms with Gasteiger partial charge in [-0.25, -0.2) is 4.79 Å². The minimum absolute atomic E-state index is 0.228. The summed E-state index contributed by atoms with van der Waals surface area (Å²) >= 11 is 0. The fourth-order valence-electron chi connectivity index (χ4n) is 3.33. The molecule has 2 aromatic heterocycles. The molecular weight excluding hydrogens is 384 g/mol. The van der Waals surface area contributed by atoms with E-state index >= 15 is 0 Å². The lowest BCUT2D eigenvalue weighted by Crippen LogP contribution is -2.30. The molecule has 0 saturated heterocycles. The van der Waals surface area contributed by atoms with Crippen molar-refractivity contribution < 1.29 is 23.5 Å². The Balaban J connectivity index is 1.90. The Bertz CT molecular complexity index is 1000. The molecule has 1 N–H and O–H groups in total. The number of carbonyl (C=O) groups is 2. The molecule has 7 nitrogen and oxygen atoms in total. The van der Waals surface area contributed by atoms with Crippen molar-refractivity contribution in [3.05, 3.63) is 76.5 Å². The molecule has 1 amide bonds. The summed E-state index contributed by atoms with van der Waals surface area (Å²) in [5.41, 5.74) is 3.85. The van der Waals surface area contributed by atoms with Gasteiger partial charge in [0.1, 0.15) is 11.4 Å². The summed E-state index contributed by atoms with van der Waals surface area (Å²) in [6, 6.07) is 10.9. The normalized spacial score (nSPS) is 10.7. The summed E-state index contributed by atoms with van der Waals surface area (Å²) in [6.45, 7) is 6.50. The predicted molar refractivity (Wildman–Crippen MR) is 112 cm³/mol. The monoisotopic (exact) mass is 410 g/mol. The van der Waals surface area contributed by atoms with Crippen molar-refractivity contribution in [2.24, 2.45) is 0 Å². The number of benzene rings is 1. The van der Waals surface area contributed by atoms with Crippen molar-refractivity contribution >= 4 is 11.9 Å². The number of amides is 1. The van der Waals surface area contributed by atoms with Gasteiger partial charge in [-0.05, 0) is 61.7 Å². The predicted octanol–water partition coefficient (Wildman–Crippen LogP) is 4.25. The molecule has 2 heterocycles. The van der Waals surface area contributed by atoms with Crippen molar-refractivity contribution in [1.82, 2.24) is 9.88 Å². The number of H-pyrrole nitrogens is 1. The molecule has 0 aliphatic rings. The highest BCUT2D eigenvalue weighted by Crippen LogP contribution is 2.23. The average molecular weight is 410 g/mol. The van der Waals surface area contributed by atoms with E-state index in [2.05, 4.69) is 4.98 Å². The van der Waals surface area contributed by atoms with Crippen molar-refractivity contribution in [2.75, 3.05) is 13.7 Å². The highest BCUT2D eigenvalue weighted by Gasteiger charge is 2.24. The molecule has 0 bridgehead atoms. The summed E-state index contributed by atoms with van der Waals surface area (Å²) in [6.07, 6.45) is 1.48. The maximum absolute atomic E-state index is 13.1. The largest absolute Gasteiger partial charge is 0.497 e. The standard InChI is InChI=1S/C23H26N2O5/c1-5-29-23(27)21-15(2)19(16(3)24-21)14-25(22(26)20-7-6-12-30-20)13-17-8-10-18(28-4)11-9-17/h6-12,24H,5,13-14H2,1-4H3. The van der Waals surface area contributed by atoms with Crippen LogP contribution in [-0.4, -0.2) is 35.5 Å². The maximum atomic E-state index is 13.1. The molecule has 3 rings (SSSR count). The van der Waals surface area contributed by atoms with Gasteiger partial charge < -0.3 is 23.8 Å². The van der Waals surface area contributed by atoms with Gasteiger partial charge in [-0.3, -0.25) is 4.79 Å². The van der Waals surface area contributed by atoms with E-state index in [1.54, 1.807) is 31.1 Å². The number of esters is 1. The van der Waals surface area contributed by atoms with E-state index in [0.29, 0.717) is 25.4 Å². The van der Waals surface area contributed by atoms with Gasteiger partial charge in [-0.2, -0.15) is 0 Å². The number of carbonyl (C=O) groups excluding carboxylic acids is 2. The number of rotatable bonds is 8. The smallest absolute Gasteiger partial charge is 0.355 e. The average Bonchev–Trinajstić information content (AvgIpc) is 3.37. The molecule has 3 aromatic rings. The van der Waals surface area contributed by atoms with Crippen LogP contribution in [0.5, 0.6) is 5.75 Å². The van der Waals surface area contributed by atoms with Crippen LogP contribution in [0.3, 0.4) is 0 Å². The number of hydrogen-bond acceptors (Lipinski definition) is 5. The molecule has 0 atom stereocenters. The summed E-state index contributed by atoms with van der Waals surface area (Å²) in [4.78, 5) is 30.1. The summed E-state index contributed by atoms with van der Waals surface area (Å²) in [7, 11) is 1.61. The molecule has 1 aromatic carbocycles. The first kappa shape index (κ1) is 21.2. The molecule has 0 fully saturated rings. The Morgan fingerprint density at radius 1 is 1.10 bits per heavy atom. The third-order valence-electron chi connectivity index (χ3n) is 4.97. The number of aromatic nitrogens is 1. The molecule has 0 unspecified atom stereocenters. The third-order valence-corrected chi connectivity index (χ3v) is 4.97. The van der Waals surface area contributed by atoms with Crippen molar-refractivity contribution in [1.29, 1.82) is 0 Å². The Morgan fingerprint density at radius 3 is 2.43 bits per heavy atom. The lowest BCUT2D eigenvalue weighted by atomic mass is 10.1. The topological polar surface area (TPSA) is 84.8 Å². The van der Waals surface area contributed by atoms with E-state index < -0.39 is 5.97 Å². The van der Waals surface area contributed by atoms with E-state index in [-0.39, 0.29) is 11.7 Å². The molecule has 0 aliphatic heterocycles. The minimum atomic E-state index is -0.400. The molecule has 0 radical (unpaired) electrons. The number of furan rings is 1. The van der Waals surface area contributed by atoms with Gasteiger partial charge in [0.25, 0.3) is 5.91 Å². The summed E-state index contributed by atoms with van der Waals surface area (Å²) in [5, 5.41) is 0. The Labute approximate surface area is 175 Å². The molecule has 158 valence electrons. The number of nitrogens with zero attached hydrogens (tertiary/aromatic N) is 1. The second-order valence-electron chi connectivity index (χ2n) is 6.94. The summed E-state index contributed by atoms with van der Waals surface area (Å²) < 4.78 is 15.7. The minimum Gasteiger partial charge on any atom is -0.497 e. The van der Waals surface area contributed by atoms with Crippen molar-refractivity contribution in [3.8, 4) is 5.75 Å². The van der Waals surface area contributed by atoms with Crippen LogP contribution in [-0.2, 0) is 17.8 Å². The summed E-state index contributed by atoms with van der Waals surface area (Å²) in [5.74, 6) is 0.385. The van der Waals surface area contributed by atoms with Crippen molar-refractivity contribution in [3.63, 3.8) is 0 Å². The molecule has 30 heavy (non-hydrogen) atoms. The molecular formula is C23H26N2O5. The van der Waals surface area contributed by atoms with Gasteiger partial charge in [-0.1, -0.05) is 12.1 Å². The Morgan fingerprint density at radius 2 is 1.83 bits per heavy atom. The van der Waals surface area contributed by atoms with E-state index in [1.807, 2.05) is 38.1 Å². The number of aromatic amines is 1. The number of methoxy groups -OCH3 is 1. The van der Waals surface area contributed by atoms with Gasteiger partial charge in [0.15, 0.2) is 5.76 Å². The van der Waals surface area contributed by atoms with Crippen LogP contribution in [0.15, 0.2) is 47.1 Å². The molecule has 7 heteroatoms. The van der Waals surface area contributed by atoms with Crippen LogP contribution in [0.25, 0.3) is 0 Å². The van der Waals surface area contributed by atoms with Gasteiger partial charge in [0.05, 0.1) is 20.0 Å². The highest BCUT2D eigenvalue weighted by atomic mass is 16.5. The van der Waals surface area contributed by atoms with E-state index in [1.165, 1.54) is 6.26 Å². The zero-order chi connectivity index (χ0) is 21.7. The van der Waals surface area contributed by atoms with E-state index in [9.17, 15) is 9.59 Å². The highest BCUT2D eigenvalue weighted by molar-refractivity contribution is 5.92. The van der Waals surface area contributed by atoms with Gasteiger partial charge >= 0.3 is 5.97 Å². The maximum Gasteiger partial charge on any atom is 0.355 e. The molecule has 0 saturated carbocycles. The van der Waals surface area contributed by atoms with Crippen LogP contribution in [0, 0.1) is 13.8 Å². The Hall–Kier alpha value is -3.48. The van der Waals surface area contributed by atoms with Gasteiger partial charge in [0.2, 0.25) is 0 Å². The van der Waals surface area contributed by atoms with Crippen molar-refractivity contribution in [2.45, 2.75) is 33.9 Å². The fraction of sp³-hybridized carbons (Fsp3) is 0.304. The number of ether oxygens (including phenoxy) is 2. The quantitative estimate of drug-likeness (QED) is 0.561. The van der Waals surface area contributed by atoms with Gasteiger partial charge in [-0.15, -0.1) is 0 Å². The zero-order valence-corrected chi connectivity index (χ0v) is 17.7. The van der Waals surface area contributed by atoms with Crippen LogP contribution in [0.1, 0.15) is 50.4 Å². The first-order chi connectivity index (χ1) is 14.4. The van der Waals surface area contributed by atoms with Crippen LogP contribution in [0.4, 0.5) is 0 Å². The number of hydrogen-bond donors (Lipinski definition) is 1. The van der Waals surface area contributed by atoms with E-state index in [4.69, 9.17) is 13.9 Å². The molecule has 0 aliphatic carbocycles. The number of aryl methyl sites for hydroxylation is 1.